The van der Waals surface area contributed by atoms with Crippen LogP contribution >= 0.6 is 0 Å². The number of pyridine rings is 1. The van der Waals surface area contributed by atoms with Crippen molar-refractivity contribution in [2.24, 2.45) is 0 Å². The van der Waals surface area contributed by atoms with E-state index < -0.39 is 17.5 Å². The van der Waals surface area contributed by atoms with Gasteiger partial charge in [-0.1, -0.05) is 12.1 Å². The second kappa shape index (κ2) is 11.4. The lowest BCUT2D eigenvalue weighted by atomic mass is 10.1. The molecule has 0 saturated heterocycles. The van der Waals surface area contributed by atoms with E-state index in [0.29, 0.717) is 35.2 Å². The molecule has 0 atom stereocenters. The average Bonchev–Trinajstić information content (AvgIpc) is 2.87. The van der Waals surface area contributed by atoms with Gasteiger partial charge in [-0.05, 0) is 68.8 Å². The van der Waals surface area contributed by atoms with E-state index >= 15 is 0 Å². The van der Waals surface area contributed by atoms with Crippen LogP contribution in [0.15, 0.2) is 73.1 Å². The second-order valence-electron chi connectivity index (χ2n) is 9.93. The van der Waals surface area contributed by atoms with Crippen molar-refractivity contribution < 1.29 is 23.0 Å². The number of halogens is 2. The maximum Gasteiger partial charge on any atom is 0.419 e. The zero-order chi connectivity index (χ0) is 28.2. The van der Waals surface area contributed by atoms with Crippen LogP contribution < -0.4 is 14.5 Å². The predicted octanol–water partition coefficient (Wildman–Crippen LogP) is 6.67. The van der Waals surface area contributed by atoms with Gasteiger partial charge in [0, 0.05) is 26.6 Å². The Bertz CT molecular complexity index is 1420. The van der Waals surface area contributed by atoms with Crippen molar-refractivity contribution in [1.82, 2.24) is 15.0 Å². The molecule has 0 unspecified atom stereocenters. The van der Waals surface area contributed by atoms with Crippen molar-refractivity contribution in [1.29, 1.82) is 0 Å². The third kappa shape index (κ3) is 7.25. The molecule has 0 radical (unpaired) electrons. The number of benzene rings is 2. The van der Waals surface area contributed by atoms with Gasteiger partial charge in [-0.25, -0.2) is 33.4 Å². The summed E-state index contributed by atoms with van der Waals surface area (Å²) in [4.78, 5) is 29.7. The second-order valence-corrected chi connectivity index (χ2v) is 9.93. The summed E-state index contributed by atoms with van der Waals surface area (Å²) in [5, 5.41) is 0. The first-order valence-electron chi connectivity index (χ1n) is 12.2. The van der Waals surface area contributed by atoms with Gasteiger partial charge < -0.3 is 14.4 Å². The number of hydrogen-bond donors (Lipinski definition) is 0. The molecule has 10 heteroatoms. The molecule has 4 aromatic rings. The number of carbonyl (C=O) groups excluding carboxylic acids is 1. The van der Waals surface area contributed by atoms with Gasteiger partial charge in [-0.3, -0.25) is 0 Å². The van der Waals surface area contributed by atoms with Gasteiger partial charge in [0.1, 0.15) is 23.0 Å². The monoisotopic (exact) mass is 533 g/mol. The Morgan fingerprint density at radius 1 is 0.872 bits per heavy atom. The summed E-state index contributed by atoms with van der Waals surface area (Å²) in [7, 11) is 3.63. The first-order chi connectivity index (χ1) is 18.5. The molecule has 39 heavy (non-hydrogen) atoms. The standard InChI is InChI=1S/C29H29F2N5O3/c1-29(2,3)39-28(37)36(22-11-13-23(14-12-22)38-26-15-10-21(31)17-32-26)25-18-33-27(35(4)5)34-24(25)16-19-6-8-20(30)9-7-19/h6-15,17-18H,16H2,1-5H3. The molecular weight excluding hydrogens is 504 g/mol. The Labute approximate surface area is 225 Å². The van der Waals surface area contributed by atoms with Gasteiger partial charge in [-0.2, -0.15) is 0 Å². The normalized spacial score (nSPS) is 11.2. The van der Waals surface area contributed by atoms with Crippen LogP contribution in [-0.2, 0) is 11.2 Å². The number of amides is 1. The van der Waals surface area contributed by atoms with Crippen molar-refractivity contribution in [2.75, 3.05) is 23.9 Å². The Balaban J connectivity index is 1.75. The molecule has 2 heterocycles. The highest BCUT2D eigenvalue weighted by Gasteiger charge is 2.28. The molecule has 202 valence electrons. The highest BCUT2D eigenvalue weighted by molar-refractivity contribution is 5.96. The molecule has 1 amide bonds. The van der Waals surface area contributed by atoms with Gasteiger partial charge in [0.15, 0.2) is 0 Å². The molecule has 0 aliphatic heterocycles. The third-order valence-corrected chi connectivity index (χ3v) is 5.35. The first-order valence-corrected chi connectivity index (χ1v) is 12.2. The summed E-state index contributed by atoms with van der Waals surface area (Å²) in [6.07, 6.45) is 2.32. The lowest BCUT2D eigenvalue weighted by Crippen LogP contribution is -2.34. The van der Waals surface area contributed by atoms with Crippen LogP contribution in [0.2, 0.25) is 0 Å². The fourth-order valence-electron chi connectivity index (χ4n) is 3.59. The van der Waals surface area contributed by atoms with Gasteiger partial charge in [0.05, 0.1) is 29.5 Å². The van der Waals surface area contributed by atoms with Crippen molar-refractivity contribution >= 4 is 23.4 Å². The highest BCUT2D eigenvalue weighted by Crippen LogP contribution is 2.33. The molecule has 0 spiro atoms. The van der Waals surface area contributed by atoms with E-state index in [-0.39, 0.29) is 11.7 Å². The van der Waals surface area contributed by atoms with Crippen molar-refractivity contribution in [3.05, 3.63) is 95.9 Å². The zero-order valence-corrected chi connectivity index (χ0v) is 22.4. The molecule has 0 N–H and O–H groups in total. The van der Waals surface area contributed by atoms with Gasteiger partial charge in [0.2, 0.25) is 11.8 Å². The fourth-order valence-corrected chi connectivity index (χ4v) is 3.59. The average molecular weight is 534 g/mol. The molecule has 2 aromatic heterocycles. The maximum absolute atomic E-state index is 13.5. The number of hydrogen-bond acceptors (Lipinski definition) is 7. The Morgan fingerprint density at radius 3 is 2.13 bits per heavy atom. The highest BCUT2D eigenvalue weighted by atomic mass is 19.1. The molecular formula is C29H29F2N5O3. The molecule has 0 bridgehead atoms. The SMILES string of the molecule is CN(C)c1ncc(N(C(=O)OC(C)(C)C)c2ccc(Oc3ccc(F)cn3)cc2)c(Cc2ccc(F)cc2)n1. The van der Waals surface area contributed by atoms with Crippen LogP contribution in [-0.4, -0.2) is 40.7 Å². The number of anilines is 3. The quantitative estimate of drug-likeness (QED) is 0.262. The van der Waals surface area contributed by atoms with Crippen LogP contribution in [0.4, 0.5) is 30.9 Å². The lowest BCUT2D eigenvalue weighted by Gasteiger charge is -2.29. The largest absolute Gasteiger partial charge is 0.443 e. The van der Waals surface area contributed by atoms with Crippen LogP contribution in [0.1, 0.15) is 32.0 Å². The summed E-state index contributed by atoms with van der Waals surface area (Å²) in [5.74, 6) is 0.305. The third-order valence-electron chi connectivity index (χ3n) is 5.35. The van der Waals surface area contributed by atoms with Gasteiger partial charge in [0.25, 0.3) is 0 Å². The maximum atomic E-state index is 13.5. The van der Waals surface area contributed by atoms with E-state index in [1.807, 2.05) is 14.1 Å². The number of rotatable bonds is 7. The summed E-state index contributed by atoms with van der Waals surface area (Å²) in [5.41, 5.74) is 1.47. The summed E-state index contributed by atoms with van der Waals surface area (Å²) in [6, 6.07) is 15.5. The zero-order valence-electron chi connectivity index (χ0n) is 22.4. The van der Waals surface area contributed by atoms with Crippen molar-refractivity contribution in [3.8, 4) is 11.6 Å². The summed E-state index contributed by atoms with van der Waals surface area (Å²) < 4.78 is 38.2. The lowest BCUT2D eigenvalue weighted by molar-refractivity contribution is 0.0598. The molecule has 8 nitrogen and oxygen atoms in total. The van der Waals surface area contributed by atoms with Crippen LogP contribution in [0.25, 0.3) is 0 Å². The molecule has 4 rings (SSSR count). The van der Waals surface area contributed by atoms with Crippen LogP contribution in [0.5, 0.6) is 11.6 Å². The number of ether oxygens (including phenoxy) is 2. The Morgan fingerprint density at radius 2 is 1.54 bits per heavy atom. The van der Waals surface area contributed by atoms with E-state index in [2.05, 4.69) is 9.97 Å². The van der Waals surface area contributed by atoms with E-state index in [1.54, 1.807) is 68.3 Å². The van der Waals surface area contributed by atoms with Crippen molar-refractivity contribution in [3.63, 3.8) is 0 Å². The van der Waals surface area contributed by atoms with Crippen LogP contribution in [0, 0.1) is 11.6 Å². The number of nitrogens with zero attached hydrogens (tertiary/aromatic N) is 5. The first kappa shape index (κ1) is 27.4. The number of carbonyl (C=O) groups is 1. The minimum Gasteiger partial charge on any atom is -0.443 e. The van der Waals surface area contributed by atoms with Crippen molar-refractivity contribution in [2.45, 2.75) is 32.8 Å². The van der Waals surface area contributed by atoms with E-state index in [9.17, 15) is 13.6 Å². The summed E-state index contributed by atoms with van der Waals surface area (Å²) in [6.45, 7) is 5.34. The summed E-state index contributed by atoms with van der Waals surface area (Å²) >= 11 is 0. The minimum atomic E-state index is -0.770. The van der Waals surface area contributed by atoms with E-state index in [4.69, 9.17) is 14.5 Å². The Hall–Kier alpha value is -4.60. The molecule has 0 saturated carbocycles. The predicted molar refractivity (Wildman–Crippen MR) is 145 cm³/mol. The molecule has 0 aliphatic rings. The molecule has 0 aliphatic carbocycles. The molecule has 0 fully saturated rings. The smallest absolute Gasteiger partial charge is 0.419 e. The minimum absolute atomic E-state index is 0.224. The van der Waals surface area contributed by atoms with E-state index in [0.717, 1.165) is 11.8 Å². The van der Waals surface area contributed by atoms with Gasteiger partial charge in [-0.15, -0.1) is 0 Å². The Kier molecular flexibility index (Phi) is 8.04. The van der Waals surface area contributed by atoms with E-state index in [1.165, 1.54) is 29.2 Å². The fraction of sp³-hybridized carbons (Fsp3) is 0.241. The van der Waals surface area contributed by atoms with Crippen LogP contribution in [0.3, 0.4) is 0 Å². The number of aromatic nitrogens is 3. The topological polar surface area (TPSA) is 80.7 Å². The van der Waals surface area contributed by atoms with Gasteiger partial charge >= 0.3 is 6.09 Å². The molecule has 2 aromatic carbocycles.